The van der Waals surface area contributed by atoms with Gasteiger partial charge in [0.05, 0.1) is 18.7 Å². The lowest BCUT2D eigenvalue weighted by atomic mass is 10.1. The lowest BCUT2D eigenvalue weighted by Crippen LogP contribution is -2.41. The Kier molecular flexibility index (Phi) is 3.99. The first-order chi connectivity index (χ1) is 9.52. The number of fused-ring (bicyclic) bond motifs is 1. The van der Waals surface area contributed by atoms with Crippen LogP contribution in [0.15, 0.2) is 18.2 Å². The maximum Gasteiger partial charge on any atom is 0.335 e. The van der Waals surface area contributed by atoms with Crippen molar-refractivity contribution in [3.05, 3.63) is 29.3 Å². The van der Waals surface area contributed by atoms with Crippen LogP contribution in [0.1, 0.15) is 15.9 Å². The van der Waals surface area contributed by atoms with Crippen LogP contribution in [0.25, 0.3) is 0 Å². The summed E-state index contributed by atoms with van der Waals surface area (Å²) in [5, 5.41) is 11.3. The molecule has 0 radical (unpaired) electrons. The Morgan fingerprint density at radius 2 is 2.10 bits per heavy atom. The first-order valence-corrected chi connectivity index (χ1v) is 6.16. The van der Waals surface area contributed by atoms with Gasteiger partial charge in [0.2, 0.25) is 11.8 Å². The fourth-order valence-electron chi connectivity index (χ4n) is 2.14. The minimum Gasteiger partial charge on any atom is -0.478 e. The van der Waals surface area contributed by atoms with Crippen molar-refractivity contribution in [3.8, 4) is 0 Å². The number of hydrogen-bond donors (Lipinski definition) is 3. The Labute approximate surface area is 115 Å². The molecule has 1 aliphatic heterocycles. The molecule has 0 unspecified atom stereocenters. The van der Waals surface area contributed by atoms with E-state index in [9.17, 15) is 14.4 Å². The van der Waals surface area contributed by atoms with Crippen LogP contribution in [0.2, 0.25) is 0 Å². The van der Waals surface area contributed by atoms with E-state index >= 15 is 0 Å². The maximum absolute atomic E-state index is 12.0. The summed E-state index contributed by atoms with van der Waals surface area (Å²) in [6.45, 7) is 0.206. The number of aromatic carboxylic acids is 1. The van der Waals surface area contributed by atoms with Gasteiger partial charge in [-0.3, -0.25) is 9.59 Å². The number of nitrogens with two attached hydrogens (primary N) is 1. The molecule has 1 heterocycles. The van der Waals surface area contributed by atoms with Crippen LogP contribution in [-0.2, 0) is 16.0 Å². The summed E-state index contributed by atoms with van der Waals surface area (Å²) in [5.41, 5.74) is 6.86. The van der Waals surface area contributed by atoms with E-state index in [0.29, 0.717) is 18.7 Å². The number of hydrogen-bond acceptors (Lipinski definition) is 4. The molecule has 0 fully saturated rings. The van der Waals surface area contributed by atoms with Crippen LogP contribution in [0.4, 0.5) is 5.69 Å². The highest BCUT2D eigenvalue weighted by atomic mass is 16.4. The third kappa shape index (κ3) is 2.77. The van der Waals surface area contributed by atoms with Crippen molar-refractivity contribution >= 4 is 23.5 Å². The lowest BCUT2D eigenvalue weighted by Gasteiger charge is -2.17. The average molecular weight is 277 g/mol. The van der Waals surface area contributed by atoms with E-state index in [2.05, 4.69) is 5.32 Å². The van der Waals surface area contributed by atoms with E-state index in [-0.39, 0.29) is 30.5 Å². The number of benzene rings is 1. The summed E-state index contributed by atoms with van der Waals surface area (Å²) >= 11 is 0. The van der Waals surface area contributed by atoms with Crippen molar-refractivity contribution in [3.63, 3.8) is 0 Å². The largest absolute Gasteiger partial charge is 0.478 e. The molecule has 7 heteroatoms. The van der Waals surface area contributed by atoms with E-state index in [4.69, 9.17) is 10.8 Å². The highest BCUT2D eigenvalue weighted by molar-refractivity contribution is 5.99. The normalized spacial score (nSPS) is 12.9. The molecule has 20 heavy (non-hydrogen) atoms. The standard InChI is InChI=1S/C13H15N3O4/c14-6-11(17)15-7-12(18)16-4-3-8-5-9(13(19)20)1-2-10(8)16/h1-2,5H,3-4,6-7,14H2,(H,15,17)(H,19,20). The van der Waals surface area contributed by atoms with Crippen molar-refractivity contribution in [2.24, 2.45) is 5.73 Å². The summed E-state index contributed by atoms with van der Waals surface area (Å²) < 4.78 is 0. The van der Waals surface area contributed by atoms with Gasteiger partial charge < -0.3 is 21.1 Å². The van der Waals surface area contributed by atoms with Crippen LogP contribution in [0.5, 0.6) is 0 Å². The number of nitrogens with zero attached hydrogens (tertiary/aromatic N) is 1. The van der Waals surface area contributed by atoms with Crippen molar-refractivity contribution in [2.75, 3.05) is 24.5 Å². The Bertz CT molecular complexity index is 571. The van der Waals surface area contributed by atoms with E-state index in [0.717, 1.165) is 5.56 Å². The minimum absolute atomic E-state index is 0.115. The van der Waals surface area contributed by atoms with Gasteiger partial charge in [0.1, 0.15) is 0 Å². The third-order valence-corrected chi connectivity index (χ3v) is 3.15. The first kappa shape index (κ1) is 14.0. The Morgan fingerprint density at radius 3 is 2.75 bits per heavy atom. The van der Waals surface area contributed by atoms with Gasteiger partial charge in [-0.2, -0.15) is 0 Å². The number of anilines is 1. The summed E-state index contributed by atoms with van der Waals surface area (Å²) in [6, 6.07) is 4.66. The summed E-state index contributed by atoms with van der Waals surface area (Å²) in [4.78, 5) is 35.5. The lowest BCUT2D eigenvalue weighted by molar-refractivity contribution is -0.124. The molecule has 0 aliphatic carbocycles. The molecular formula is C13H15N3O4. The second kappa shape index (κ2) is 5.70. The highest BCUT2D eigenvalue weighted by Gasteiger charge is 2.25. The number of carbonyl (C=O) groups excluding carboxylic acids is 2. The summed E-state index contributed by atoms with van der Waals surface area (Å²) in [5.74, 6) is -1.62. The summed E-state index contributed by atoms with van der Waals surface area (Å²) in [7, 11) is 0. The van der Waals surface area contributed by atoms with Crippen LogP contribution in [-0.4, -0.2) is 42.5 Å². The molecule has 0 bridgehead atoms. The van der Waals surface area contributed by atoms with Crippen LogP contribution in [0.3, 0.4) is 0 Å². The van der Waals surface area contributed by atoms with Crippen LogP contribution >= 0.6 is 0 Å². The highest BCUT2D eigenvalue weighted by Crippen LogP contribution is 2.28. The summed E-state index contributed by atoms with van der Waals surface area (Å²) in [6.07, 6.45) is 0.604. The number of nitrogens with one attached hydrogen (secondary N) is 1. The number of carboxylic acids is 1. The molecule has 0 spiro atoms. The van der Waals surface area contributed by atoms with E-state index in [1.165, 1.54) is 11.0 Å². The van der Waals surface area contributed by atoms with Gasteiger partial charge >= 0.3 is 5.97 Å². The van der Waals surface area contributed by atoms with Gasteiger partial charge in [0.25, 0.3) is 0 Å². The van der Waals surface area contributed by atoms with Gasteiger partial charge in [-0.1, -0.05) is 0 Å². The topological polar surface area (TPSA) is 113 Å². The van der Waals surface area contributed by atoms with Crippen molar-refractivity contribution < 1.29 is 19.5 Å². The molecule has 0 aromatic heterocycles. The molecular weight excluding hydrogens is 262 g/mol. The molecule has 0 atom stereocenters. The zero-order valence-electron chi connectivity index (χ0n) is 10.8. The van der Waals surface area contributed by atoms with Gasteiger partial charge in [0.15, 0.2) is 0 Å². The number of carboxylic acid groups (broad SMARTS) is 1. The first-order valence-electron chi connectivity index (χ1n) is 6.16. The number of carbonyl (C=O) groups is 3. The van der Waals surface area contributed by atoms with Gasteiger partial charge in [-0.05, 0) is 30.2 Å². The van der Waals surface area contributed by atoms with Crippen molar-refractivity contribution in [1.82, 2.24) is 5.32 Å². The second-order valence-electron chi connectivity index (χ2n) is 4.42. The quantitative estimate of drug-likeness (QED) is 0.677. The zero-order chi connectivity index (χ0) is 14.7. The molecule has 7 nitrogen and oxygen atoms in total. The number of rotatable bonds is 4. The smallest absolute Gasteiger partial charge is 0.335 e. The van der Waals surface area contributed by atoms with Crippen molar-refractivity contribution in [2.45, 2.75) is 6.42 Å². The molecule has 2 rings (SSSR count). The predicted molar refractivity (Wildman–Crippen MR) is 71.5 cm³/mol. The SMILES string of the molecule is NCC(=O)NCC(=O)N1CCc2cc(C(=O)O)ccc21. The zero-order valence-corrected chi connectivity index (χ0v) is 10.8. The second-order valence-corrected chi connectivity index (χ2v) is 4.42. The van der Waals surface area contributed by atoms with Crippen LogP contribution < -0.4 is 16.0 Å². The molecule has 0 saturated carbocycles. The molecule has 4 N–H and O–H groups in total. The van der Waals surface area contributed by atoms with Gasteiger partial charge in [0, 0.05) is 12.2 Å². The van der Waals surface area contributed by atoms with Gasteiger partial charge in [-0.15, -0.1) is 0 Å². The molecule has 106 valence electrons. The number of amides is 2. The Morgan fingerprint density at radius 1 is 1.35 bits per heavy atom. The van der Waals surface area contributed by atoms with Crippen molar-refractivity contribution in [1.29, 1.82) is 0 Å². The molecule has 2 amide bonds. The predicted octanol–water partition coefficient (Wildman–Crippen LogP) is -0.651. The Balaban J connectivity index is 2.10. The Hall–Kier alpha value is -2.41. The van der Waals surface area contributed by atoms with E-state index in [1.807, 2.05) is 0 Å². The average Bonchev–Trinajstić information content (AvgIpc) is 2.87. The fraction of sp³-hybridized carbons (Fsp3) is 0.308. The van der Waals surface area contributed by atoms with Crippen LogP contribution in [0, 0.1) is 0 Å². The molecule has 1 aromatic carbocycles. The molecule has 1 aromatic rings. The fourth-order valence-corrected chi connectivity index (χ4v) is 2.14. The molecule has 0 saturated heterocycles. The monoisotopic (exact) mass is 277 g/mol. The third-order valence-electron chi connectivity index (χ3n) is 3.15. The minimum atomic E-state index is -0.993. The van der Waals surface area contributed by atoms with E-state index in [1.54, 1.807) is 12.1 Å². The molecule has 1 aliphatic rings. The van der Waals surface area contributed by atoms with Gasteiger partial charge in [-0.25, -0.2) is 4.79 Å². The van der Waals surface area contributed by atoms with E-state index < -0.39 is 5.97 Å². The maximum atomic E-state index is 12.0.